The molecule has 328 valence electrons. The molecule has 0 fully saturated rings. The van der Waals surface area contributed by atoms with Gasteiger partial charge in [-0.3, -0.25) is 0 Å². The number of phenolic OH excluding ortho intramolecular Hbond substituents is 1. The maximum Gasteiger partial charge on any atom is 0.227 e. The summed E-state index contributed by atoms with van der Waals surface area (Å²) in [6.45, 7) is 2.94. The van der Waals surface area contributed by atoms with Crippen LogP contribution in [0.2, 0.25) is 15.1 Å². The van der Waals surface area contributed by atoms with Crippen LogP contribution in [-0.4, -0.2) is 71.5 Å². The van der Waals surface area contributed by atoms with Gasteiger partial charge in [-0.1, -0.05) is 89.1 Å². The van der Waals surface area contributed by atoms with Crippen LogP contribution in [-0.2, 0) is 6.42 Å². The molecule has 0 aliphatic heterocycles. The molecule has 7 rings (SSSR count). The number of nitrogen functional groups attached to an aromatic ring is 3. The zero-order valence-electron chi connectivity index (χ0n) is 33.5. The predicted octanol–water partition coefficient (Wildman–Crippen LogP) is 9.41. The summed E-state index contributed by atoms with van der Waals surface area (Å²) in [6.07, 6.45) is 7.84. The third kappa shape index (κ3) is 16.0. The van der Waals surface area contributed by atoms with Gasteiger partial charge in [0.25, 0.3) is 0 Å². The molecule has 0 amide bonds. The lowest BCUT2D eigenvalue weighted by molar-refractivity contribution is 0.310. The minimum atomic E-state index is -0.00425. The Morgan fingerprint density at radius 2 is 1.14 bits per heavy atom. The number of phenols is 1. The van der Waals surface area contributed by atoms with E-state index in [1.807, 2.05) is 30.3 Å². The van der Waals surface area contributed by atoms with E-state index in [4.69, 9.17) is 62.2 Å². The Labute approximate surface area is 392 Å². The number of aromatic hydroxyl groups is 1. The summed E-state index contributed by atoms with van der Waals surface area (Å²) < 4.78 is 0. The fourth-order valence-corrected chi connectivity index (χ4v) is 8.07. The molecule has 0 unspecified atom stereocenters. The van der Waals surface area contributed by atoms with Crippen molar-refractivity contribution in [1.29, 1.82) is 0 Å². The number of hydrogen-bond donors (Lipinski definition) is 9. The van der Waals surface area contributed by atoms with Crippen LogP contribution in [0, 0.1) is 0 Å². The molecule has 3 aromatic heterocycles. The number of rotatable bonds is 15. The smallest absolute Gasteiger partial charge is 0.227 e. The first-order valence-corrected chi connectivity index (χ1v) is 22.5. The molecule has 3 heterocycles. The lowest BCUT2D eigenvalue weighted by atomic mass is 10.2. The molecule has 0 atom stereocenters. The Balaban J connectivity index is 0.000000180. The van der Waals surface area contributed by atoms with E-state index in [-0.39, 0.29) is 30.9 Å². The van der Waals surface area contributed by atoms with E-state index >= 15 is 0 Å². The lowest BCUT2D eigenvalue weighted by Gasteiger charge is -2.10. The minimum Gasteiger partial charge on any atom is -0.508 e. The van der Waals surface area contributed by atoms with Crippen molar-refractivity contribution in [3.8, 4) is 5.75 Å². The average molecular weight is 966 g/mol. The van der Waals surface area contributed by atoms with Crippen LogP contribution in [0.5, 0.6) is 5.75 Å². The van der Waals surface area contributed by atoms with Crippen molar-refractivity contribution in [3.63, 3.8) is 0 Å². The van der Waals surface area contributed by atoms with Crippen molar-refractivity contribution in [2.24, 2.45) is 0 Å². The first kappa shape index (κ1) is 48.6. The summed E-state index contributed by atoms with van der Waals surface area (Å²) in [5, 5.41) is 37.9. The highest BCUT2D eigenvalue weighted by molar-refractivity contribution is 8.00. The minimum absolute atomic E-state index is 0.00425. The summed E-state index contributed by atoms with van der Waals surface area (Å²) in [6, 6.07) is 25.9. The fourth-order valence-electron chi connectivity index (χ4n) is 4.97. The summed E-state index contributed by atoms with van der Waals surface area (Å²) in [7, 11) is 0. The second-order valence-electron chi connectivity index (χ2n) is 12.7. The third-order valence-corrected chi connectivity index (χ3v) is 12.0. The molecule has 4 aromatic carbocycles. The second kappa shape index (κ2) is 25.0. The average Bonchev–Trinajstić information content (AvgIpc) is 3.27. The normalized spacial score (nSPS) is 10.5. The van der Waals surface area contributed by atoms with E-state index in [1.165, 1.54) is 35.2 Å². The molecular formula is C42H43Cl3N12O3S3. The van der Waals surface area contributed by atoms with Crippen LogP contribution in [0.15, 0.2) is 139 Å². The van der Waals surface area contributed by atoms with Gasteiger partial charge in [0, 0.05) is 73.6 Å². The molecule has 21 heteroatoms. The van der Waals surface area contributed by atoms with Crippen LogP contribution in [0.25, 0.3) is 0 Å². The van der Waals surface area contributed by atoms with Crippen molar-refractivity contribution >= 4 is 111 Å². The zero-order valence-corrected chi connectivity index (χ0v) is 38.3. The number of aliphatic hydroxyl groups excluding tert-OH is 2. The topological polar surface area (TPSA) is 252 Å². The van der Waals surface area contributed by atoms with Gasteiger partial charge in [-0.15, -0.1) is 0 Å². The molecule has 7 aromatic rings. The summed E-state index contributed by atoms with van der Waals surface area (Å²) in [4.78, 5) is 30.3. The van der Waals surface area contributed by atoms with E-state index in [0.29, 0.717) is 57.1 Å². The number of aliphatic hydroxyl groups is 2. The first-order chi connectivity index (χ1) is 30.4. The molecule has 15 nitrogen and oxygen atoms in total. The number of anilines is 7. The van der Waals surface area contributed by atoms with Crippen molar-refractivity contribution < 1.29 is 15.3 Å². The van der Waals surface area contributed by atoms with Gasteiger partial charge in [-0.2, -0.15) is 9.97 Å². The zero-order chi connectivity index (χ0) is 45.1. The van der Waals surface area contributed by atoms with E-state index in [0.717, 1.165) is 35.8 Å². The first-order valence-electron chi connectivity index (χ1n) is 18.9. The summed E-state index contributed by atoms with van der Waals surface area (Å²) in [5.74, 6) is 2.11. The highest BCUT2D eigenvalue weighted by Crippen LogP contribution is 2.38. The van der Waals surface area contributed by atoms with Crippen molar-refractivity contribution in [2.75, 3.05) is 59.5 Å². The molecule has 0 saturated carbocycles. The van der Waals surface area contributed by atoms with Crippen LogP contribution in [0.4, 0.5) is 40.9 Å². The number of benzene rings is 4. The van der Waals surface area contributed by atoms with Gasteiger partial charge in [0.2, 0.25) is 17.8 Å². The molecule has 63 heavy (non-hydrogen) atoms. The Morgan fingerprint density at radius 3 is 1.70 bits per heavy atom. The van der Waals surface area contributed by atoms with Gasteiger partial charge in [0.1, 0.15) is 17.4 Å². The Bertz CT molecular complexity index is 2530. The van der Waals surface area contributed by atoms with E-state index in [1.54, 1.807) is 60.8 Å². The molecular weight excluding hydrogens is 923 g/mol. The Kier molecular flexibility index (Phi) is 19.3. The van der Waals surface area contributed by atoms with Crippen molar-refractivity contribution in [2.45, 2.75) is 42.7 Å². The largest absolute Gasteiger partial charge is 0.508 e. The standard InChI is InChI=1S/C18H18N4OS.C12H12Cl2N4OS.C12H13ClN4OS/c1-2-12-3-6-14(7-4-12)24-15-10-20-18(21-11-15)22-17-8-5-13(23)9-16(17)19;13-7-1-2-9(8(14)5-7)20-10-6-17-12(15)18-11(10)16-3-4-19;13-8-1-3-9(4-2-8)19-10-7-16-12(14)17-11(10)15-5-6-18/h3-11,23H,2,19H2,1H3,(H,20,21,22);1-2,5-6,19H,3-4H2,(H3,15,16,17,18);1-4,7,18H,5-6H2,(H3,14,15,16,17). The van der Waals surface area contributed by atoms with E-state index in [2.05, 4.69) is 77.0 Å². The van der Waals surface area contributed by atoms with Crippen molar-refractivity contribution in [3.05, 3.63) is 130 Å². The third-order valence-electron chi connectivity index (χ3n) is 7.99. The maximum atomic E-state index is 9.37. The van der Waals surface area contributed by atoms with Gasteiger partial charge in [0.15, 0.2) is 0 Å². The number of nitrogens with zero attached hydrogens (tertiary/aromatic N) is 6. The van der Waals surface area contributed by atoms with Gasteiger partial charge >= 0.3 is 0 Å². The fraction of sp³-hybridized carbons (Fsp3) is 0.143. The van der Waals surface area contributed by atoms with Crippen LogP contribution in [0.1, 0.15) is 12.5 Å². The number of aryl methyl sites for hydroxylation is 1. The van der Waals surface area contributed by atoms with Gasteiger partial charge in [-0.25, -0.2) is 19.9 Å². The number of aromatic nitrogens is 6. The van der Waals surface area contributed by atoms with E-state index in [9.17, 15) is 5.11 Å². The molecule has 0 aliphatic rings. The van der Waals surface area contributed by atoms with E-state index < -0.39 is 0 Å². The summed E-state index contributed by atoms with van der Waals surface area (Å²) >= 11 is 22.4. The van der Waals surface area contributed by atoms with Crippen LogP contribution < -0.4 is 33.2 Å². The summed E-state index contributed by atoms with van der Waals surface area (Å²) in [5.41, 5.74) is 19.4. The van der Waals surface area contributed by atoms with Gasteiger partial charge in [0.05, 0.1) is 39.4 Å². The van der Waals surface area contributed by atoms with Crippen LogP contribution >= 0.6 is 70.1 Å². The predicted molar refractivity (Wildman–Crippen MR) is 258 cm³/mol. The molecule has 0 saturated heterocycles. The molecule has 0 spiro atoms. The number of halogens is 3. The van der Waals surface area contributed by atoms with Crippen molar-refractivity contribution in [1.82, 2.24) is 29.9 Å². The second-order valence-corrected chi connectivity index (χ2v) is 17.3. The Morgan fingerprint density at radius 1 is 0.587 bits per heavy atom. The number of nitrogens with one attached hydrogen (secondary N) is 3. The number of nitrogens with two attached hydrogens (primary N) is 3. The maximum absolute atomic E-state index is 9.37. The SMILES string of the molecule is CCc1ccc(Sc2cnc(Nc3ccc(O)cc3N)nc2)cc1.Nc1ncc(Sc2ccc(Cl)cc2)c(NCCO)n1.Nc1ncc(Sc2ccc(Cl)cc2Cl)c(NCCO)n1. The lowest BCUT2D eigenvalue weighted by Crippen LogP contribution is -2.09. The highest BCUT2D eigenvalue weighted by Gasteiger charge is 2.11. The quantitative estimate of drug-likeness (QED) is 0.0343. The molecule has 0 bridgehead atoms. The van der Waals surface area contributed by atoms with Gasteiger partial charge in [-0.05, 0) is 78.7 Å². The van der Waals surface area contributed by atoms with Crippen LogP contribution in [0.3, 0.4) is 0 Å². The Hall–Kier alpha value is -5.44. The van der Waals surface area contributed by atoms with Gasteiger partial charge < -0.3 is 48.5 Å². The number of hydrogen-bond acceptors (Lipinski definition) is 18. The molecule has 0 aliphatic carbocycles. The highest BCUT2D eigenvalue weighted by atomic mass is 35.5. The molecule has 12 N–H and O–H groups in total. The monoisotopic (exact) mass is 964 g/mol. The molecule has 0 radical (unpaired) electrons.